The molecule has 1 aromatic heterocycles. The van der Waals surface area contributed by atoms with Crippen LogP contribution >= 0.6 is 24.0 Å². The Balaban J connectivity index is 0.00000121. The van der Waals surface area contributed by atoms with Gasteiger partial charge in [-0.1, -0.05) is 18.5 Å². The first-order valence-corrected chi connectivity index (χ1v) is 3.98. The van der Waals surface area contributed by atoms with Crippen LogP contribution in [0.3, 0.4) is 0 Å². The monoisotopic (exact) mass is 209 g/mol. The van der Waals surface area contributed by atoms with Crippen molar-refractivity contribution in [3.8, 4) is 0 Å². The summed E-state index contributed by atoms with van der Waals surface area (Å²) in [5, 5.41) is 4.92. The molecular weight excluding hydrogens is 197 g/mol. The molecule has 1 aromatic rings. The van der Waals surface area contributed by atoms with E-state index in [0.29, 0.717) is 6.54 Å². The van der Waals surface area contributed by atoms with Crippen LogP contribution in [0.4, 0.5) is 0 Å². The van der Waals surface area contributed by atoms with E-state index in [4.69, 9.17) is 17.3 Å². The van der Waals surface area contributed by atoms with E-state index >= 15 is 0 Å². The van der Waals surface area contributed by atoms with Gasteiger partial charge in [0.15, 0.2) is 0 Å². The number of halogens is 2. The van der Waals surface area contributed by atoms with Crippen LogP contribution in [0.2, 0.25) is 5.02 Å². The van der Waals surface area contributed by atoms with Crippen molar-refractivity contribution in [1.82, 2.24) is 9.78 Å². The van der Waals surface area contributed by atoms with Gasteiger partial charge in [0.05, 0.1) is 16.4 Å². The van der Waals surface area contributed by atoms with E-state index in [1.54, 1.807) is 4.68 Å². The summed E-state index contributed by atoms with van der Waals surface area (Å²) in [5.41, 5.74) is 7.31. The van der Waals surface area contributed by atoms with Crippen LogP contribution in [0.5, 0.6) is 0 Å². The van der Waals surface area contributed by atoms with E-state index in [1.807, 2.05) is 14.0 Å². The van der Waals surface area contributed by atoms with Crippen LogP contribution in [0.25, 0.3) is 0 Å². The third-order valence-corrected chi connectivity index (χ3v) is 2.13. The second kappa shape index (κ2) is 4.70. The van der Waals surface area contributed by atoms with Gasteiger partial charge in [-0.15, -0.1) is 12.4 Å². The molecule has 1 heterocycles. The lowest BCUT2D eigenvalue weighted by Gasteiger charge is -1.95. The molecule has 3 nitrogen and oxygen atoms in total. The molecule has 0 atom stereocenters. The molecule has 0 unspecified atom stereocenters. The second-order valence-corrected chi connectivity index (χ2v) is 2.77. The summed E-state index contributed by atoms with van der Waals surface area (Å²) in [6, 6.07) is 0. The molecule has 0 aromatic carbocycles. The Morgan fingerprint density at radius 1 is 1.58 bits per heavy atom. The predicted molar refractivity (Wildman–Crippen MR) is 52.7 cm³/mol. The summed E-state index contributed by atoms with van der Waals surface area (Å²) in [4.78, 5) is 0. The average molecular weight is 210 g/mol. The summed E-state index contributed by atoms with van der Waals surface area (Å²) in [6.45, 7) is 2.47. The maximum Gasteiger partial charge on any atom is 0.0862 e. The Kier molecular flexibility index (Phi) is 4.60. The highest BCUT2D eigenvalue weighted by atomic mass is 35.5. The highest BCUT2D eigenvalue weighted by molar-refractivity contribution is 6.31. The summed E-state index contributed by atoms with van der Waals surface area (Å²) >= 11 is 5.97. The first-order valence-electron chi connectivity index (χ1n) is 3.61. The van der Waals surface area contributed by atoms with Crippen molar-refractivity contribution in [2.75, 3.05) is 0 Å². The van der Waals surface area contributed by atoms with Crippen molar-refractivity contribution in [2.24, 2.45) is 12.8 Å². The van der Waals surface area contributed by atoms with Gasteiger partial charge in [-0.25, -0.2) is 0 Å². The standard InChI is InChI=1S/C7H12ClN3.ClH/c1-3-5-7(8)6(4-9)11(2)10-5;/h3-4,9H2,1-2H3;1H. The Labute approximate surface area is 83.3 Å². The van der Waals surface area contributed by atoms with Gasteiger partial charge in [0.1, 0.15) is 0 Å². The lowest BCUT2D eigenvalue weighted by atomic mass is 10.3. The minimum atomic E-state index is 0. The van der Waals surface area contributed by atoms with Crippen LogP contribution < -0.4 is 5.73 Å². The first kappa shape index (κ1) is 11.8. The quantitative estimate of drug-likeness (QED) is 0.804. The summed E-state index contributed by atoms with van der Waals surface area (Å²) in [5.74, 6) is 0. The molecule has 0 fully saturated rings. The summed E-state index contributed by atoms with van der Waals surface area (Å²) in [6.07, 6.45) is 0.854. The molecule has 70 valence electrons. The third-order valence-electron chi connectivity index (χ3n) is 1.70. The van der Waals surface area contributed by atoms with E-state index in [0.717, 1.165) is 22.8 Å². The molecule has 5 heteroatoms. The van der Waals surface area contributed by atoms with Crippen LogP contribution in [0, 0.1) is 0 Å². The van der Waals surface area contributed by atoms with Gasteiger partial charge in [0.25, 0.3) is 0 Å². The van der Waals surface area contributed by atoms with Gasteiger partial charge in [0.2, 0.25) is 0 Å². The van der Waals surface area contributed by atoms with Gasteiger partial charge in [-0.05, 0) is 6.42 Å². The van der Waals surface area contributed by atoms with Gasteiger partial charge < -0.3 is 5.73 Å². The maximum atomic E-state index is 5.97. The smallest absolute Gasteiger partial charge is 0.0862 e. The number of aryl methyl sites for hydroxylation is 2. The van der Waals surface area contributed by atoms with E-state index in [9.17, 15) is 0 Å². The molecule has 12 heavy (non-hydrogen) atoms. The zero-order valence-corrected chi connectivity index (χ0v) is 8.74. The van der Waals surface area contributed by atoms with Crippen molar-refractivity contribution in [3.63, 3.8) is 0 Å². The maximum absolute atomic E-state index is 5.97. The lowest BCUT2D eigenvalue weighted by molar-refractivity contribution is 0.700. The van der Waals surface area contributed by atoms with Gasteiger partial charge >= 0.3 is 0 Å². The topological polar surface area (TPSA) is 43.8 Å². The molecule has 0 aliphatic carbocycles. The lowest BCUT2D eigenvalue weighted by Crippen LogP contribution is -2.04. The van der Waals surface area contributed by atoms with Crippen molar-refractivity contribution in [2.45, 2.75) is 19.9 Å². The van der Waals surface area contributed by atoms with E-state index in [1.165, 1.54) is 0 Å². The number of hydrogen-bond donors (Lipinski definition) is 1. The molecule has 0 spiro atoms. The van der Waals surface area contributed by atoms with Crippen molar-refractivity contribution in [1.29, 1.82) is 0 Å². The zero-order valence-electron chi connectivity index (χ0n) is 7.17. The Morgan fingerprint density at radius 3 is 2.42 bits per heavy atom. The van der Waals surface area contributed by atoms with Gasteiger partial charge in [-0.2, -0.15) is 5.10 Å². The normalized spacial score (nSPS) is 9.67. The fraction of sp³-hybridized carbons (Fsp3) is 0.571. The van der Waals surface area contributed by atoms with Crippen LogP contribution in [-0.2, 0) is 20.0 Å². The summed E-state index contributed by atoms with van der Waals surface area (Å²) < 4.78 is 1.74. The second-order valence-electron chi connectivity index (χ2n) is 2.39. The highest BCUT2D eigenvalue weighted by Crippen LogP contribution is 2.19. The van der Waals surface area contributed by atoms with E-state index in [-0.39, 0.29) is 12.4 Å². The highest BCUT2D eigenvalue weighted by Gasteiger charge is 2.10. The average Bonchev–Trinajstić information content (AvgIpc) is 2.26. The molecule has 0 bridgehead atoms. The largest absolute Gasteiger partial charge is 0.325 e. The molecule has 0 amide bonds. The fourth-order valence-corrected chi connectivity index (χ4v) is 1.41. The molecular formula is C7H13Cl2N3. The Hall–Kier alpha value is -0.250. The van der Waals surface area contributed by atoms with Gasteiger partial charge in [0, 0.05) is 13.6 Å². The van der Waals surface area contributed by atoms with Crippen molar-refractivity contribution < 1.29 is 0 Å². The summed E-state index contributed by atoms with van der Waals surface area (Å²) in [7, 11) is 1.85. The minimum Gasteiger partial charge on any atom is -0.325 e. The molecule has 2 N–H and O–H groups in total. The molecule has 0 saturated heterocycles. The van der Waals surface area contributed by atoms with E-state index < -0.39 is 0 Å². The van der Waals surface area contributed by atoms with Crippen LogP contribution in [0.1, 0.15) is 18.3 Å². The van der Waals surface area contributed by atoms with Crippen molar-refractivity contribution >= 4 is 24.0 Å². The number of nitrogens with two attached hydrogens (primary N) is 1. The molecule has 0 radical (unpaired) electrons. The molecule has 0 aliphatic rings. The number of hydrogen-bond acceptors (Lipinski definition) is 2. The zero-order chi connectivity index (χ0) is 8.43. The van der Waals surface area contributed by atoms with Crippen LogP contribution in [0.15, 0.2) is 0 Å². The number of rotatable bonds is 2. The molecule has 0 aliphatic heterocycles. The minimum absolute atomic E-state index is 0. The Bertz CT molecular complexity index is 257. The number of nitrogens with zero attached hydrogens (tertiary/aromatic N) is 2. The molecule has 1 rings (SSSR count). The fourth-order valence-electron chi connectivity index (χ4n) is 1.04. The van der Waals surface area contributed by atoms with Gasteiger partial charge in [-0.3, -0.25) is 4.68 Å². The SMILES string of the molecule is CCc1nn(C)c(CN)c1Cl.Cl. The predicted octanol–water partition coefficient (Wildman–Crippen LogP) is 1.52. The van der Waals surface area contributed by atoms with Crippen LogP contribution in [-0.4, -0.2) is 9.78 Å². The number of aromatic nitrogens is 2. The Morgan fingerprint density at radius 2 is 2.17 bits per heavy atom. The molecule has 0 saturated carbocycles. The third kappa shape index (κ3) is 1.91. The first-order chi connectivity index (χ1) is 5.20. The van der Waals surface area contributed by atoms with E-state index in [2.05, 4.69) is 5.10 Å². The van der Waals surface area contributed by atoms with Crippen molar-refractivity contribution in [3.05, 3.63) is 16.4 Å².